The van der Waals surface area contributed by atoms with Crippen molar-refractivity contribution < 1.29 is 9.53 Å². The van der Waals surface area contributed by atoms with Gasteiger partial charge >= 0.3 is 6.09 Å². The number of nitrogens with zero attached hydrogens (tertiary/aromatic N) is 1. The zero-order chi connectivity index (χ0) is 14.0. The molecular weight excluding hydrogens is 262 g/mol. The maximum absolute atomic E-state index is 11.6. The van der Waals surface area contributed by atoms with Gasteiger partial charge in [0.2, 0.25) is 0 Å². The van der Waals surface area contributed by atoms with Crippen molar-refractivity contribution in [3.8, 4) is 0 Å². The second-order valence-corrected chi connectivity index (χ2v) is 7.14. The third-order valence-electron chi connectivity index (χ3n) is 2.70. The molecule has 1 aliphatic carbocycles. The number of rotatable bonds is 4. The lowest BCUT2D eigenvalue weighted by Gasteiger charge is -2.19. The zero-order valence-electron chi connectivity index (χ0n) is 11.8. The highest BCUT2D eigenvalue weighted by Gasteiger charge is 2.38. The van der Waals surface area contributed by atoms with Crippen LogP contribution >= 0.6 is 11.3 Å². The maximum Gasteiger partial charge on any atom is 0.407 e. The molecular formula is C13H21N3O2S. The first-order valence-corrected chi connectivity index (χ1v) is 7.29. The van der Waals surface area contributed by atoms with E-state index >= 15 is 0 Å². The van der Waals surface area contributed by atoms with E-state index in [1.54, 1.807) is 11.3 Å². The van der Waals surface area contributed by atoms with Gasteiger partial charge in [0, 0.05) is 29.7 Å². The van der Waals surface area contributed by atoms with Gasteiger partial charge in [0.05, 0.1) is 5.01 Å². The summed E-state index contributed by atoms with van der Waals surface area (Å²) in [5.74, 6) is 0. The van der Waals surface area contributed by atoms with Gasteiger partial charge in [-0.05, 0) is 34.1 Å². The number of ether oxygens (including phenoxy) is 1. The standard InChI is InChI=1S/C13H21N3O2S/c1-8-14-6-9(19-8)7-15-10-5-11(10)16-12(17)18-13(2,3)4/h6,10-11,15H,5,7H2,1-4H3,(H,16,17). The average Bonchev–Trinajstić information content (AvgIpc) is 2.84. The Balaban J connectivity index is 1.66. The molecule has 1 aromatic heterocycles. The Bertz CT molecular complexity index is 453. The predicted molar refractivity (Wildman–Crippen MR) is 75.3 cm³/mol. The second kappa shape index (κ2) is 5.46. The molecule has 2 N–H and O–H groups in total. The van der Waals surface area contributed by atoms with Crippen LogP contribution in [0.4, 0.5) is 4.79 Å². The van der Waals surface area contributed by atoms with Gasteiger partial charge in [-0.1, -0.05) is 0 Å². The van der Waals surface area contributed by atoms with E-state index in [1.807, 2.05) is 33.9 Å². The summed E-state index contributed by atoms with van der Waals surface area (Å²) in [6.45, 7) is 8.39. The lowest BCUT2D eigenvalue weighted by Crippen LogP contribution is -2.36. The summed E-state index contributed by atoms with van der Waals surface area (Å²) < 4.78 is 5.22. The van der Waals surface area contributed by atoms with E-state index in [2.05, 4.69) is 15.6 Å². The summed E-state index contributed by atoms with van der Waals surface area (Å²) in [5.41, 5.74) is -0.442. The molecule has 2 rings (SSSR count). The molecule has 1 heterocycles. The van der Waals surface area contributed by atoms with Gasteiger partial charge in [0.1, 0.15) is 5.60 Å². The molecule has 0 saturated heterocycles. The van der Waals surface area contributed by atoms with Gasteiger partial charge in [-0.25, -0.2) is 9.78 Å². The van der Waals surface area contributed by atoms with Crippen molar-refractivity contribution in [2.75, 3.05) is 0 Å². The minimum Gasteiger partial charge on any atom is -0.444 e. The quantitative estimate of drug-likeness (QED) is 0.889. The Labute approximate surface area is 117 Å². The van der Waals surface area contributed by atoms with Crippen LogP contribution in [0.3, 0.4) is 0 Å². The van der Waals surface area contributed by atoms with Crippen molar-refractivity contribution in [1.82, 2.24) is 15.6 Å². The van der Waals surface area contributed by atoms with E-state index in [0.29, 0.717) is 6.04 Å². The summed E-state index contributed by atoms with van der Waals surface area (Å²) in [5, 5.41) is 7.35. The zero-order valence-corrected chi connectivity index (χ0v) is 12.6. The van der Waals surface area contributed by atoms with Crippen LogP contribution < -0.4 is 10.6 Å². The molecule has 19 heavy (non-hydrogen) atoms. The highest BCUT2D eigenvalue weighted by molar-refractivity contribution is 7.11. The number of carbonyl (C=O) groups excluding carboxylic acids is 1. The Morgan fingerprint density at radius 2 is 2.26 bits per heavy atom. The number of thiazole rings is 1. The summed E-state index contributed by atoms with van der Waals surface area (Å²) >= 11 is 1.69. The number of aryl methyl sites for hydroxylation is 1. The highest BCUT2D eigenvalue weighted by Crippen LogP contribution is 2.23. The number of alkyl carbamates (subject to hydrolysis) is 1. The molecule has 2 atom stereocenters. The lowest BCUT2D eigenvalue weighted by atomic mass is 10.2. The van der Waals surface area contributed by atoms with Gasteiger partial charge < -0.3 is 15.4 Å². The van der Waals surface area contributed by atoms with E-state index in [0.717, 1.165) is 18.0 Å². The van der Waals surface area contributed by atoms with E-state index in [4.69, 9.17) is 4.74 Å². The minimum absolute atomic E-state index is 0.184. The van der Waals surface area contributed by atoms with Crippen LogP contribution in [-0.4, -0.2) is 28.8 Å². The smallest absolute Gasteiger partial charge is 0.407 e. The summed E-state index contributed by atoms with van der Waals surface area (Å²) in [6, 6.07) is 0.527. The fourth-order valence-corrected chi connectivity index (χ4v) is 2.50. The molecule has 0 bridgehead atoms. The Kier molecular flexibility index (Phi) is 4.10. The molecule has 1 aromatic rings. The van der Waals surface area contributed by atoms with Crippen molar-refractivity contribution in [3.05, 3.63) is 16.1 Å². The first kappa shape index (κ1) is 14.3. The molecule has 1 fully saturated rings. The number of hydrogen-bond donors (Lipinski definition) is 2. The summed E-state index contributed by atoms with van der Waals surface area (Å²) in [6.07, 6.45) is 2.51. The van der Waals surface area contributed by atoms with Gasteiger partial charge in [-0.2, -0.15) is 0 Å². The Hall–Kier alpha value is -1.14. The average molecular weight is 283 g/mol. The highest BCUT2D eigenvalue weighted by atomic mass is 32.1. The number of amides is 1. The topological polar surface area (TPSA) is 63.2 Å². The maximum atomic E-state index is 11.6. The fraction of sp³-hybridized carbons (Fsp3) is 0.692. The first-order chi connectivity index (χ1) is 8.83. The number of carbonyl (C=O) groups is 1. The first-order valence-electron chi connectivity index (χ1n) is 6.48. The van der Waals surface area contributed by atoms with E-state index in [9.17, 15) is 4.79 Å². The monoisotopic (exact) mass is 283 g/mol. The van der Waals surface area contributed by atoms with Gasteiger partial charge in [0.25, 0.3) is 0 Å². The molecule has 0 radical (unpaired) electrons. The van der Waals surface area contributed by atoms with Crippen LogP contribution in [0.5, 0.6) is 0 Å². The van der Waals surface area contributed by atoms with Crippen molar-refractivity contribution in [2.24, 2.45) is 0 Å². The molecule has 6 heteroatoms. The van der Waals surface area contributed by atoms with Crippen molar-refractivity contribution in [1.29, 1.82) is 0 Å². The molecule has 1 saturated carbocycles. The molecule has 5 nitrogen and oxygen atoms in total. The molecule has 1 amide bonds. The van der Waals surface area contributed by atoms with Crippen LogP contribution in [-0.2, 0) is 11.3 Å². The molecule has 0 aromatic carbocycles. The van der Waals surface area contributed by atoms with Crippen LogP contribution in [0, 0.1) is 6.92 Å². The van der Waals surface area contributed by atoms with Gasteiger partial charge in [-0.15, -0.1) is 11.3 Å². The van der Waals surface area contributed by atoms with Gasteiger partial charge in [0.15, 0.2) is 0 Å². The predicted octanol–water partition coefficient (Wildman–Crippen LogP) is 2.21. The van der Waals surface area contributed by atoms with Crippen molar-refractivity contribution >= 4 is 17.4 Å². The largest absolute Gasteiger partial charge is 0.444 e. The fourth-order valence-electron chi connectivity index (χ4n) is 1.76. The van der Waals surface area contributed by atoms with E-state index in [1.165, 1.54) is 4.88 Å². The molecule has 0 spiro atoms. The van der Waals surface area contributed by atoms with E-state index in [-0.39, 0.29) is 12.1 Å². The second-order valence-electron chi connectivity index (χ2n) is 5.82. The van der Waals surface area contributed by atoms with Crippen LogP contribution in [0.25, 0.3) is 0 Å². The number of hydrogen-bond acceptors (Lipinski definition) is 5. The SMILES string of the molecule is Cc1ncc(CNC2CC2NC(=O)OC(C)(C)C)s1. The third-order valence-corrected chi connectivity index (χ3v) is 3.61. The number of aromatic nitrogens is 1. The number of nitrogens with one attached hydrogen (secondary N) is 2. The summed E-state index contributed by atoms with van der Waals surface area (Å²) in [4.78, 5) is 17.0. The lowest BCUT2D eigenvalue weighted by molar-refractivity contribution is 0.0522. The Morgan fingerprint density at radius 3 is 2.84 bits per heavy atom. The van der Waals surface area contributed by atoms with Crippen LogP contribution in [0.2, 0.25) is 0 Å². The van der Waals surface area contributed by atoms with Crippen LogP contribution in [0.1, 0.15) is 37.1 Å². The van der Waals surface area contributed by atoms with Crippen molar-refractivity contribution in [2.45, 2.75) is 58.3 Å². The molecule has 0 aliphatic heterocycles. The van der Waals surface area contributed by atoms with Crippen molar-refractivity contribution in [3.63, 3.8) is 0 Å². The van der Waals surface area contributed by atoms with E-state index < -0.39 is 5.60 Å². The molecule has 1 aliphatic rings. The molecule has 106 valence electrons. The van der Waals surface area contributed by atoms with Crippen LogP contribution in [0.15, 0.2) is 6.20 Å². The Morgan fingerprint density at radius 1 is 1.53 bits per heavy atom. The normalized spacial score (nSPS) is 22.1. The summed E-state index contributed by atoms with van der Waals surface area (Å²) in [7, 11) is 0. The minimum atomic E-state index is -0.442. The molecule has 2 unspecified atom stereocenters. The van der Waals surface area contributed by atoms with Gasteiger partial charge in [-0.3, -0.25) is 0 Å². The third kappa shape index (κ3) is 4.80.